The monoisotopic (exact) mass is 351 g/mol. The van der Waals surface area contributed by atoms with Crippen molar-refractivity contribution in [3.63, 3.8) is 0 Å². The maximum atomic E-state index is 9.24. The fourth-order valence-corrected chi connectivity index (χ4v) is 3.16. The minimum Gasteiger partial charge on any atom is -0.394 e. The van der Waals surface area contributed by atoms with Gasteiger partial charge >= 0.3 is 0 Å². The van der Waals surface area contributed by atoms with E-state index in [1.807, 2.05) is 25.5 Å². The van der Waals surface area contributed by atoms with Crippen LogP contribution in [0.2, 0.25) is 0 Å². The van der Waals surface area contributed by atoms with Crippen molar-refractivity contribution < 1.29 is 5.11 Å². The number of unbranched alkanes of at least 4 members (excludes halogenated alkanes) is 1. The SMILES string of the molecule is C=Cc1c(-c2cnc(-c3cn[nH]c3C)cc2CCCC)cnn1CCO. The first-order valence-electron chi connectivity index (χ1n) is 8.98. The van der Waals surface area contributed by atoms with E-state index in [0.29, 0.717) is 6.54 Å². The van der Waals surface area contributed by atoms with Crippen LogP contribution in [-0.4, -0.2) is 36.7 Å². The molecule has 136 valence electrons. The van der Waals surface area contributed by atoms with Crippen LogP contribution < -0.4 is 0 Å². The van der Waals surface area contributed by atoms with Gasteiger partial charge in [0.05, 0.1) is 36.9 Å². The van der Waals surface area contributed by atoms with Crippen LogP contribution in [0.4, 0.5) is 0 Å². The molecule has 0 aliphatic rings. The lowest BCUT2D eigenvalue weighted by molar-refractivity contribution is 0.269. The number of aromatic nitrogens is 5. The maximum Gasteiger partial charge on any atom is 0.0739 e. The van der Waals surface area contributed by atoms with Crippen molar-refractivity contribution in [1.82, 2.24) is 25.0 Å². The Labute approximate surface area is 153 Å². The highest BCUT2D eigenvalue weighted by molar-refractivity contribution is 5.76. The van der Waals surface area contributed by atoms with Gasteiger partial charge in [0.15, 0.2) is 0 Å². The average molecular weight is 351 g/mol. The van der Waals surface area contributed by atoms with Crippen LogP contribution in [0, 0.1) is 6.92 Å². The summed E-state index contributed by atoms with van der Waals surface area (Å²) in [7, 11) is 0. The number of hydrogen-bond donors (Lipinski definition) is 2. The Morgan fingerprint density at radius 2 is 2.08 bits per heavy atom. The molecule has 0 bridgehead atoms. The summed E-state index contributed by atoms with van der Waals surface area (Å²) in [4.78, 5) is 4.68. The summed E-state index contributed by atoms with van der Waals surface area (Å²) < 4.78 is 1.78. The Morgan fingerprint density at radius 1 is 1.23 bits per heavy atom. The quantitative estimate of drug-likeness (QED) is 0.649. The van der Waals surface area contributed by atoms with Crippen LogP contribution in [0.25, 0.3) is 28.5 Å². The number of rotatable bonds is 8. The number of pyridine rings is 1. The van der Waals surface area contributed by atoms with Crippen molar-refractivity contribution >= 4 is 6.08 Å². The number of aryl methyl sites for hydroxylation is 2. The third kappa shape index (κ3) is 3.46. The molecule has 0 aliphatic heterocycles. The van der Waals surface area contributed by atoms with Crippen molar-refractivity contribution in [1.29, 1.82) is 0 Å². The number of H-pyrrole nitrogens is 1. The molecule has 26 heavy (non-hydrogen) atoms. The van der Waals surface area contributed by atoms with Crippen molar-refractivity contribution in [2.75, 3.05) is 6.61 Å². The molecule has 6 nitrogen and oxygen atoms in total. The molecular weight excluding hydrogens is 326 g/mol. The predicted octanol–water partition coefficient (Wildman–Crippen LogP) is 3.62. The van der Waals surface area contributed by atoms with E-state index in [0.717, 1.165) is 53.0 Å². The van der Waals surface area contributed by atoms with Crippen LogP contribution in [-0.2, 0) is 13.0 Å². The third-order valence-electron chi connectivity index (χ3n) is 4.57. The fourth-order valence-electron chi connectivity index (χ4n) is 3.16. The summed E-state index contributed by atoms with van der Waals surface area (Å²) in [5, 5.41) is 20.7. The molecule has 0 aliphatic carbocycles. The molecule has 0 amide bonds. The highest BCUT2D eigenvalue weighted by Gasteiger charge is 2.16. The van der Waals surface area contributed by atoms with Gasteiger partial charge in [-0.15, -0.1) is 0 Å². The van der Waals surface area contributed by atoms with Crippen LogP contribution in [0.3, 0.4) is 0 Å². The number of aromatic amines is 1. The highest BCUT2D eigenvalue weighted by atomic mass is 16.3. The molecule has 0 spiro atoms. The molecule has 0 saturated heterocycles. The highest BCUT2D eigenvalue weighted by Crippen LogP contribution is 2.31. The molecule has 3 aromatic heterocycles. The van der Waals surface area contributed by atoms with Gasteiger partial charge in [0.2, 0.25) is 0 Å². The third-order valence-corrected chi connectivity index (χ3v) is 4.57. The van der Waals surface area contributed by atoms with Gasteiger partial charge in [0.25, 0.3) is 0 Å². The second-order valence-electron chi connectivity index (χ2n) is 6.33. The van der Waals surface area contributed by atoms with Gasteiger partial charge in [0.1, 0.15) is 0 Å². The summed E-state index contributed by atoms with van der Waals surface area (Å²) in [6.07, 6.45) is 10.6. The first-order chi connectivity index (χ1) is 12.7. The topological polar surface area (TPSA) is 79.6 Å². The van der Waals surface area contributed by atoms with E-state index in [4.69, 9.17) is 0 Å². The molecule has 0 radical (unpaired) electrons. The molecule has 0 fully saturated rings. The normalized spacial score (nSPS) is 11.0. The summed E-state index contributed by atoms with van der Waals surface area (Å²) >= 11 is 0. The van der Waals surface area contributed by atoms with Gasteiger partial charge in [-0.1, -0.05) is 19.9 Å². The molecule has 3 heterocycles. The van der Waals surface area contributed by atoms with Gasteiger partial charge in [-0.2, -0.15) is 10.2 Å². The van der Waals surface area contributed by atoms with Crippen molar-refractivity contribution in [2.45, 2.75) is 39.7 Å². The molecule has 0 saturated carbocycles. The Balaban J connectivity index is 2.09. The second kappa shape index (κ2) is 8.10. The van der Waals surface area contributed by atoms with E-state index in [1.54, 1.807) is 10.8 Å². The summed E-state index contributed by atoms with van der Waals surface area (Å²) in [6, 6.07) is 2.15. The lowest BCUT2D eigenvalue weighted by Crippen LogP contribution is -2.05. The lowest BCUT2D eigenvalue weighted by Gasteiger charge is -2.12. The summed E-state index contributed by atoms with van der Waals surface area (Å²) in [5.41, 5.74) is 7.18. The van der Waals surface area contributed by atoms with E-state index in [1.165, 1.54) is 5.56 Å². The van der Waals surface area contributed by atoms with Gasteiger partial charge in [-0.05, 0) is 37.5 Å². The fraction of sp³-hybridized carbons (Fsp3) is 0.350. The lowest BCUT2D eigenvalue weighted by atomic mass is 9.96. The van der Waals surface area contributed by atoms with Crippen molar-refractivity contribution in [2.24, 2.45) is 0 Å². The first kappa shape index (κ1) is 18.1. The van der Waals surface area contributed by atoms with Gasteiger partial charge in [-0.3, -0.25) is 14.8 Å². The Kier molecular flexibility index (Phi) is 5.63. The Morgan fingerprint density at radius 3 is 2.73 bits per heavy atom. The van der Waals surface area contributed by atoms with Crippen LogP contribution in [0.15, 0.2) is 31.2 Å². The van der Waals surface area contributed by atoms with Gasteiger partial charge in [0, 0.05) is 28.6 Å². The largest absolute Gasteiger partial charge is 0.394 e. The van der Waals surface area contributed by atoms with Crippen LogP contribution in [0.5, 0.6) is 0 Å². The predicted molar refractivity (Wildman–Crippen MR) is 104 cm³/mol. The number of aliphatic hydroxyl groups excluding tert-OH is 1. The van der Waals surface area contributed by atoms with E-state index in [-0.39, 0.29) is 6.61 Å². The number of hydrogen-bond acceptors (Lipinski definition) is 4. The Bertz CT molecular complexity index is 893. The average Bonchev–Trinajstić information content (AvgIpc) is 3.26. The molecule has 2 N–H and O–H groups in total. The van der Waals surface area contributed by atoms with Crippen molar-refractivity contribution in [3.05, 3.63) is 48.2 Å². The zero-order valence-corrected chi connectivity index (χ0v) is 15.4. The molecule has 0 atom stereocenters. The molecule has 3 rings (SSSR count). The van der Waals surface area contributed by atoms with Gasteiger partial charge in [-0.25, -0.2) is 0 Å². The minimum absolute atomic E-state index is 0.0433. The number of nitrogens with zero attached hydrogens (tertiary/aromatic N) is 4. The van der Waals surface area contributed by atoms with Gasteiger partial charge < -0.3 is 5.11 Å². The molecule has 0 aromatic carbocycles. The van der Waals surface area contributed by atoms with E-state index < -0.39 is 0 Å². The zero-order chi connectivity index (χ0) is 18.5. The Hall–Kier alpha value is -2.73. The zero-order valence-electron chi connectivity index (χ0n) is 15.4. The molecule has 6 heteroatoms. The summed E-state index contributed by atoms with van der Waals surface area (Å²) in [5.74, 6) is 0. The minimum atomic E-state index is 0.0433. The molecular formula is C20H25N5O. The standard InChI is InChI=1S/C20H25N5O/c1-4-6-7-15-10-19(16-12-22-24-14(16)3)21-11-17(15)18-13-23-25(8-9-26)20(18)5-2/h5,10-13,26H,2,4,6-9H2,1,3H3,(H,22,24). The van der Waals surface area contributed by atoms with Crippen LogP contribution in [0.1, 0.15) is 36.7 Å². The number of aliphatic hydroxyl groups is 1. The summed E-state index contributed by atoms with van der Waals surface area (Å²) in [6.45, 7) is 8.60. The first-order valence-corrected chi connectivity index (χ1v) is 8.98. The van der Waals surface area contributed by atoms with Crippen molar-refractivity contribution in [3.8, 4) is 22.4 Å². The smallest absolute Gasteiger partial charge is 0.0739 e. The van der Waals surface area contributed by atoms with Crippen LogP contribution >= 0.6 is 0 Å². The molecule has 3 aromatic rings. The molecule has 0 unspecified atom stereocenters. The maximum absolute atomic E-state index is 9.24. The number of nitrogens with one attached hydrogen (secondary N) is 1. The second-order valence-corrected chi connectivity index (χ2v) is 6.33. The van der Waals surface area contributed by atoms with E-state index in [2.05, 4.69) is 39.8 Å². The van der Waals surface area contributed by atoms with E-state index in [9.17, 15) is 5.11 Å². The van der Waals surface area contributed by atoms with E-state index >= 15 is 0 Å².